The fraction of sp³-hybridized carbons (Fsp3) is 0.429. The summed E-state index contributed by atoms with van der Waals surface area (Å²) in [5.74, 6) is 3.26. The number of nitrogens with zero attached hydrogens (tertiary/aromatic N) is 1. The van der Waals surface area contributed by atoms with E-state index in [1.165, 1.54) is 0 Å². The number of rotatable bonds is 6. The molecule has 2 aromatic rings. The highest BCUT2D eigenvalue weighted by atomic mass is 32.2. The SMILES string of the molecule is COc1ccc(NC(=O)C2(C)COC(c3ccc(OC4CSC4)cc3)OC2)cn1. The Morgan fingerprint density at radius 3 is 2.45 bits per heavy atom. The first-order valence-corrected chi connectivity index (χ1v) is 10.6. The molecule has 0 radical (unpaired) electrons. The summed E-state index contributed by atoms with van der Waals surface area (Å²) in [7, 11) is 1.54. The van der Waals surface area contributed by atoms with Gasteiger partial charge in [0.1, 0.15) is 11.9 Å². The van der Waals surface area contributed by atoms with Crippen LogP contribution in [-0.2, 0) is 14.3 Å². The van der Waals surface area contributed by atoms with Crippen LogP contribution in [0.1, 0.15) is 18.8 Å². The maximum Gasteiger partial charge on any atom is 0.235 e. The number of methoxy groups -OCH3 is 1. The Bertz CT molecular complexity index is 831. The van der Waals surface area contributed by atoms with Crippen LogP contribution in [0.25, 0.3) is 0 Å². The lowest BCUT2D eigenvalue weighted by Gasteiger charge is -2.36. The molecule has 0 saturated carbocycles. The number of thioether (sulfide) groups is 1. The molecular weight excluding hydrogens is 392 g/mol. The van der Waals surface area contributed by atoms with Gasteiger partial charge in [0.2, 0.25) is 11.8 Å². The van der Waals surface area contributed by atoms with E-state index in [0.717, 1.165) is 22.8 Å². The highest BCUT2D eigenvalue weighted by Gasteiger charge is 2.40. The third kappa shape index (κ3) is 4.66. The van der Waals surface area contributed by atoms with Crippen LogP contribution in [0.4, 0.5) is 5.69 Å². The normalized spacial score (nSPS) is 24.4. The molecule has 7 nitrogen and oxygen atoms in total. The van der Waals surface area contributed by atoms with Crippen molar-refractivity contribution in [1.82, 2.24) is 4.98 Å². The number of pyridine rings is 1. The number of nitrogens with one attached hydrogen (secondary N) is 1. The number of hydrogen-bond donors (Lipinski definition) is 1. The van der Waals surface area contributed by atoms with E-state index in [-0.39, 0.29) is 19.1 Å². The van der Waals surface area contributed by atoms with Gasteiger partial charge in [-0.3, -0.25) is 4.79 Å². The van der Waals surface area contributed by atoms with Crippen molar-refractivity contribution in [3.8, 4) is 11.6 Å². The summed E-state index contributed by atoms with van der Waals surface area (Å²) in [4.78, 5) is 16.8. The highest BCUT2D eigenvalue weighted by molar-refractivity contribution is 8.00. The van der Waals surface area contributed by atoms with E-state index in [1.807, 2.05) is 43.0 Å². The molecule has 0 unspecified atom stereocenters. The molecule has 3 heterocycles. The van der Waals surface area contributed by atoms with E-state index >= 15 is 0 Å². The number of hydrogen-bond acceptors (Lipinski definition) is 7. The number of ether oxygens (including phenoxy) is 4. The minimum atomic E-state index is -0.790. The van der Waals surface area contributed by atoms with E-state index in [4.69, 9.17) is 18.9 Å². The van der Waals surface area contributed by atoms with Crippen molar-refractivity contribution in [2.45, 2.75) is 19.3 Å². The zero-order valence-corrected chi connectivity index (χ0v) is 17.2. The number of aromatic nitrogens is 1. The summed E-state index contributed by atoms with van der Waals surface area (Å²) in [6.45, 7) is 2.33. The first kappa shape index (κ1) is 20.0. The maximum atomic E-state index is 12.7. The van der Waals surface area contributed by atoms with Gasteiger partial charge in [-0.2, -0.15) is 11.8 Å². The van der Waals surface area contributed by atoms with Crippen LogP contribution >= 0.6 is 11.8 Å². The molecule has 1 N–H and O–H groups in total. The summed E-state index contributed by atoms with van der Waals surface area (Å²) in [6.07, 6.45) is 1.37. The average Bonchev–Trinajstić information content (AvgIpc) is 2.72. The van der Waals surface area contributed by atoms with Crippen molar-refractivity contribution < 1.29 is 23.7 Å². The molecule has 2 fully saturated rings. The number of amides is 1. The molecule has 0 spiro atoms. The second kappa shape index (κ2) is 8.61. The molecule has 0 aliphatic carbocycles. The number of carbonyl (C=O) groups excluding carboxylic acids is 1. The second-order valence-corrected chi connectivity index (χ2v) is 8.48. The van der Waals surface area contributed by atoms with Crippen LogP contribution in [0.2, 0.25) is 0 Å². The van der Waals surface area contributed by atoms with Crippen LogP contribution in [0.5, 0.6) is 11.6 Å². The van der Waals surface area contributed by atoms with Crippen molar-refractivity contribution in [2.24, 2.45) is 5.41 Å². The molecule has 1 aromatic carbocycles. The van der Waals surface area contributed by atoms with Gasteiger partial charge in [0.25, 0.3) is 0 Å². The van der Waals surface area contributed by atoms with Crippen LogP contribution in [0.15, 0.2) is 42.6 Å². The molecule has 0 bridgehead atoms. The predicted molar refractivity (Wildman–Crippen MR) is 110 cm³/mol. The molecule has 154 valence electrons. The second-order valence-electron chi connectivity index (χ2n) is 7.40. The average molecular weight is 416 g/mol. The van der Waals surface area contributed by atoms with Gasteiger partial charge in [-0.15, -0.1) is 0 Å². The zero-order valence-electron chi connectivity index (χ0n) is 16.4. The molecule has 0 atom stereocenters. The summed E-state index contributed by atoms with van der Waals surface area (Å²) >= 11 is 1.89. The Kier molecular flexibility index (Phi) is 5.94. The Balaban J connectivity index is 1.31. The molecule has 1 amide bonds. The van der Waals surface area contributed by atoms with E-state index in [0.29, 0.717) is 17.7 Å². The number of benzene rings is 1. The molecule has 4 rings (SSSR count). The van der Waals surface area contributed by atoms with Crippen molar-refractivity contribution in [1.29, 1.82) is 0 Å². The molecule has 2 aliphatic heterocycles. The van der Waals surface area contributed by atoms with Gasteiger partial charge in [0, 0.05) is 23.1 Å². The Morgan fingerprint density at radius 2 is 1.90 bits per heavy atom. The first-order chi connectivity index (χ1) is 14.1. The van der Waals surface area contributed by atoms with Crippen LogP contribution in [-0.4, -0.2) is 48.8 Å². The Hall–Kier alpha value is -2.29. The van der Waals surface area contributed by atoms with Gasteiger partial charge in [-0.1, -0.05) is 12.1 Å². The molecule has 1 aromatic heterocycles. The molecule has 2 aliphatic rings. The third-order valence-corrected chi connectivity index (χ3v) is 6.14. The fourth-order valence-electron chi connectivity index (χ4n) is 2.97. The van der Waals surface area contributed by atoms with Gasteiger partial charge in [-0.25, -0.2) is 4.98 Å². The largest absolute Gasteiger partial charge is 0.489 e. The quantitative estimate of drug-likeness (QED) is 0.774. The number of carbonyl (C=O) groups is 1. The van der Waals surface area contributed by atoms with Gasteiger partial charge < -0.3 is 24.3 Å². The van der Waals surface area contributed by atoms with E-state index in [2.05, 4.69) is 10.3 Å². The minimum Gasteiger partial charge on any atom is -0.489 e. The van der Waals surface area contributed by atoms with Crippen molar-refractivity contribution >= 4 is 23.4 Å². The standard InChI is InChI=1S/C21H24N2O5S/c1-21(20(24)23-15-5-8-18(25-2)22-9-15)12-26-19(27-13-21)14-3-6-16(7-4-14)28-17-10-29-11-17/h3-9,17,19H,10-13H2,1-2H3,(H,23,24). The fourth-order valence-corrected chi connectivity index (χ4v) is 3.53. The van der Waals surface area contributed by atoms with Crippen molar-refractivity contribution in [3.05, 3.63) is 48.2 Å². The topological polar surface area (TPSA) is 78.9 Å². The lowest BCUT2D eigenvalue weighted by Crippen LogP contribution is -2.45. The number of anilines is 1. The van der Waals surface area contributed by atoms with Crippen LogP contribution in [0.3, 0.4) is 0 Å². The summed E-state index contributed by atoms with van der Waals surface area (Å²) in [5.41, 5.74) is 0.711. The van der Waals surface area contributed by atoms with Crippen LogP contribution < -0.4 is 14.8 Å². The molecule has 29 heavy (non-hydrogen) atoms. The minimum absolute atomic E-state index is 0.176. The Labute approximate surface area is 174 Å². The molecule has 8 heteroatoms. The molecule has 2 saturated heterocycles. The first-order valence-electron chi connectivity index (χ1n) is 9.45. The monoisotopic (exact) mass is 416 g/mol. The third-order valence-electron chi connectivity index (χ3n) is 4.92. The smallest absolute Gasteiger partial charge is 0.235 e. The van der Waals surface area contributed by atoms with Gasteiger partial charge in [0.05, 0.1) is 37.6 Å². The predicted octanol–water partition coefficient (Wildman–Crippen LogP) is 3.27. The van der Waals surface area contributed by atoms with E-state index in [9.17, 15) is 4.79 Å². The summed E-state index contributed by atoms with van der Waals surface area (Å²) < 4.78 is 22.6. The van der Waals surface area contributed by atoms with Gasteiger partial charge >= 0.3 is 0 Å². The van der Waals surface area contributed by atoms with Crippen molar-refractivity contribution in [2.75, 3.05) is 37.1 Å². The van der Waals surface area contributed by atoms with Gasteiger partial charge in [0.15, 0.2) is 6.29 Å². The lowest BCUT2D eigenvalue weighted by atomic mass is 9.90. The van der Waals surface area contributed by atoms with E-state index in [1.54, 1.807) is 25.4 Å². The highest BCUT2D eigenvalue weighted by Crippen LogP contribution is 2.33. The van der Waals surface area contributed by atoms with Crippen LogP contribution in [0, 0.1) is 5.41 Å². The summed E-state index contributed by atoms with van der Waals surface area (Å²) in [5, 5.41) is 2.86. The molecular formula is C21H24N2O5S. The Morgan fingerprint density at radius 1 is 1.17 bits per heavy atom. The zero-order chi connectivity index (χ0) is 20.3. The maximum absolute atomic E-state index is 12.7. The van der Waals surface area contributed by atoms with Crippen molar-refractivity contribution in [3.63, 3.8) is 0 Å². The van der Waals surface area contributed by atoms with Gasteiger partial charge in [-0.05, 0) is 25.1 Å². The lowest BCUT2D eigenvalue weighted by molar-refractivity contribution is -0.226. The van der Waals surface area contributed by atoms with E-state index < -0.39 is 11.7 Å². The summed E-state index contributed by atoms with van der Waals surface area (Å²) in [6, 6.07) is 11.2.